The maximum atomic E-state index is 2.55. The summed E-state index contributed by atoms with van der Waals surface area (Å²) in [6, 6.07) is 0. The minimum Gasteiger partial charge on any atom is -0.0851 e. The predicted molar refractivity (Wildman–Crippen MR) is 80.6 cm³/mol. The normalized spacial score (nSPS) is 27.4. The minimum atomic E-state index is 0.816. The summed E-state index contributed by atoms with van der Waals surface area (Å²) in [4.78, 5) is 0. The van der Waals surface area contributed by atoms with Gasteiger partial charge in [0.25, 0.3) is 0 Å². The molecule has 2 atom stereocenters. The van der Waals surface area contributed by atoms with Gasteiger partial charge in [-0.05, 0) is 49.4 Å². The first-order chi connectivity index (χ1) is 8.77. The zero-order valence-electron chi connectivity index (χ0n) is 12.5. The zero-order chi connectivity index (χ0) is 12.8. The molecule has 0 heterocycles. The highest BCUT2D eigenvalue weighted by atomic mass is 14.3. The average Bonchev–Trinajstić information content (AvgIpc) is 2.46. The number of hydrogen-bond donors (Lipinski definition) is 0. The van der Waals surface area contributed by atoms with Crippen molar-refractivity contribution in [3.8, 4) is 0 Å². The SMILES string of the molecule is CC(C=CC(C)C1CCCCC1)C1CCCCC1. The van der Waals surface area contributed by atoms with Crippen molar-refractivity contribution in [3.05, 3.63) is 12.2 Å². The Hall–Kier alpha value is -0.260. The van der Waals surface area contributed by atoms with Crippen LogP contribution in [0.5, 0.6) is 0 Å². The molecule has 2 aliphatic rings. The molecule has 0 heteroatoms. The van der Waals surface area contributed by atoms with Crippen LogP contribution in [0.25, 0.3) is 0 Å². The monoisotopic (exact) mass is 248 g/mol. The second kappa shape index (κ2) is 7.36. The van der Waals surface area contributed by atoms with Crippen LogP contribution in [-0.2, 0) is 0 Å². The van der Waals surface area contributed by atoms with E-state index in [2.05, 4.69) is 26.0 Å². The summed E-state index contributed by atoms with van der Waals surface area (Å²) < 4.78 is 0. The van der Waals surface area contributed by atoms with Crippen LogP contribution in [0.2, 0.25) is 0 Å². The molecule has 0 aromatic heterocycles. The molecule has 0 amide bonds. The van der Waals surface area contributed by atoms with E-state index in [1.54, 1.807) is 0 Å². The summed E-state index contributed by atoms with van der Waals surface area (Å²) in [6.07, 6.45) is 19.9. The number of allylic oxidation sites excluding steroid dienone is 2. The fourth-order valence-electron chi connectivity index (χ4n) is 3.98. The molecule has 2 unspecified atom stereocenters. The van der Waals surface area contributed by atoms with Gasteiger partial charge in [0.1, 0.15) is 0 Å². The zero-order valence-corrected chi connectivity index (χ0v) is 12.5. The van der Waals surface area contributed by atoms with E-state index in [-0.39, 0.29) is 0 Å². The molecule has 0 aromatic carbocycles. The second-order valence-corrected chi connectivity index (χ2v) is 6.90. The topological polar surface area (TPSA) is 0 Å². The van der Waals surface area contributed by atoms with Crippen LogP contribution in [-0.4, -0.2) is 0 Å². The van der Waals surface area contributed by atoms with Gasteiger partial charge in [0.05, 0.1) is 0 Å². The third-order valence-electron chi connectivity index (χ3n) is 5.51. The Morgan fingerprint density at radius 1 is 0.611 bits per heavy atom. The van der Waals surface area contributed by atoms with Crippen LogP contribution in [0, 0.1) is 23.7 Å². The van der Waals surface area contributed by atoms with E-state index in [0.29, 0.717) is 0 Å². The molecule has 0 saturated heterocycles. The number of rotatable bonds is 4. The molecule has 0 aliphatic heterocycles. The van der Waals surface area contributed by atoms with E-state index in [1.165, 1.54) is 64.2 Å². The molecule has 18 heavy (non-hydrogen) atoms. The fraction of sp³-hybridized carbons (Fsp3) is 0.889. The van der Waals surface area contributed by atoms with Gasteiger partial charge in [-0.25, -0.2) is 0 Å². The van der Waals surface area contributed by atoms with Gasteiger partial charge < -0.3 is 0 Å². The van der Waals surface area contributed by atoms with Gasteiger partial charge in [0, 0.05) is 0 Å². The van der Waals surface area contributed by atoms with Crippen molar-refractivity contribution < 1.29 is 0 Å². The molecule has 2 rings (SSSR count). The van der Waals surface area contributed by atoms with Crippen molar-refractivity contribution in [1.82, 2.24) is 0 Å². The van der Waals surface area contributed by atoms with E-state index in [4.69, 9.17) is 0 Å². The molecule has 2 fully saturated rings. The van der Waals surface area contributed by atoms with Gasteiger partial charge in [-0.15, -0.1) is 0 Å². The van der Waals surface area contributed by atoms with Crippen LogP contribution >= 0.6 is 0 Å². The Kier molecular flexibility index (Phi) is 5.79. The van der Waals surface area contributed by atoms with Gasteiger partial charge in [0.15, 0.2) is 0 Å². The van der Waals surface area contributed by atoms with Crippen molar-refractivity contribution in [2.24, 2.45) is 23.7 Å². The molecule has 104 valence electrons. The van der Waals surface area contributed by atoms with E-state index in [1.807, 2.05) is 0 Å². The Morgan fingerprint density at radius 2 is 0.944 bits per heavy atom. The third-order valence-corrected chi connectivity index (χ3v) is 5.51. The first-order valence-electron chi connectivity index (χ1n) is 8.45. The summed E-state index contributed by atoms with van der Waals surface area (Å²) in [7, 11) is 0. The highest BCUT2D eigenvalue weighted by molar-refractivity contribution is 4.95. The van der Waals surface area contributed by atoms with Gasteiger partial charge in [0.2, 0.25) is 0 Å². The van der Waals surface area contributed by atoms with E-state index in [9.17, 15) is 0 Å². The lowest BCUT2D eigenvalue weighted by molar-refractivity contribution is 0.288. The predicted octanol–water partition coefficient (Wildman–Crippen LogP) is 5.98. The van der Waals surface area contributed by atoms with Crippen LogP contribution in [0.15, 0.2) is 12.2 Å². The molecule has 0 N–H and O–H groups in total. The lowest BCUT2D eigenvalue weighted by Crippen LogP contribution is -2.16. The number of hydrogen-bond acceptors (Lipinski definition) is 0. The van der Waals surface area contributed by atoms with Crippen molar-refractivity contribution in [3.63, 3.8) is 0 Å². The molecule has 0 radical (unpaired) electrons. The summed E-state index contributed by atoms with van der Waals surface area (Å²) >= 11 is 0. The molecule has 0 aromatic rings. The third kappa shape index (κ3) is 4.14. The molecular weight excluding hydrogens is 216 g/mol. The van der Waals surface area contributed by atoms with Gasteiger partial charge in [-0.3, -0.25) is 0 Å². The Bertz CT molecular complexity index is 215. The maximum Gasteiger partial charge on any atom is -0.0233 e. The molecule has 2 aliphatic carbocycles. The standard InChI is InChI=1S/C18H32/c1-15(17-9-5-3-6-10-17)13-14-16(2)18-11-7-4-8-12-18/h13-18H,3-12H2,1-2H3. The van der Waals surface area contributed by atoms with Crippen molar-refractivity contribution >= 4 is 0 Å². The quantitative estimate of drug-likeness (QED) is 0.537. The average molecular weight is 248 g/mol. The van der Waals surface area contributed by atoms with Gasteiger partial charge in [-0.1, -0.05) is 64.5 Å². The second-order valence-electron chi connectivity index (χ2n) is 6.90. The lowest BCUT2D eigenvalue weighted by atomic mass is 9.78. The first-order valence-corrected chi connectivity index (χ1v) is 8.45. The van der Waals surface area contributed by atoms with Crippen molar-refractivity contribution in [2.75, 3.05) is 0 Å². The van der Waals surface area contributed by atoms with Crippen molar-refractivity contribution in [2.45, 2.75) is 78.1 Å². The molecular formula is C18H32. The molecule has 0 nitrogen and oxygen atoms in total. The van der Waals surface area contributed by atoms with Gasteiger partial charge >= 0.3 is 0 Å². The summed E-state index contributed by atoms with van der Waals surface area (Å²) in [5.74, 6) is 3.59. The Morgan fingerprint density at radius 3 is 1.28 bits per heavy atom. The van der Waals surface area contributed by atoms with Crippen LogP contribution in [0.4, 0.5) is 0 Å². The van der Waals surface area contributed by atoms with Crippen LogP contribution in [0.1, 0.15) is 78.1 Å². The summed E-state index contributed by atoms with van der Waals surface area (Å²) in [6.45, 7) is 4.89. The Labute approximate surface area is 114 Å². The minimum absolute atomic E-state index is 0.816. The Balaban J connectivity index is 1.77. The van der Waals surface area contributed by atoms with E-state index < -0.39 is 0 Å². The highest BCUT2D eigenvalue weighted by Gasteiger charge is 2.20. The lowest BCUT2D eigenvalue weighted by Gasteiger charge is -2.28. The van der Waals surface area contributed by atoms with Crippen LogP contribution in [0.3, 0.4) is 0 Å². The molecule has 0 spiro atoms. The molecule has 0 bridgehead atoms. The highest BCUT2D eigenvalue weighted by Crippen LogP contribution is 2.33. The van der Waals surface area contributed by atoms with Gasteiger partial charge in [-0.2, -0.15) is 0 Å². The largest absolute Gasteiger partial charge is 0.0851 e. The first kappa shape index (κ1) is 14.2. The van der Waals surface area contributed by atoms with Crippen molar-refractivity contribution in [1.29, 1.82) is 0 Å². The maximum absolute atomic E-state index is 2.55. The van der Waals surface area contributed by atoms with Crippen LogP contribution < -0.4 is 0 Å². The molecule has 2 saturated carbocycles. The fourth-order valence-corrected chi connectivity index (χ4v) is 3.98. The summed E-state index contributed by atoms with van der Waals surface area (Å²) in [5, 5.41) is 0. The summed E-state index contributed by atoms with van der Waals surface area (Å²) in [5.41, 5.74) is 0. The smallest absolute Gasteiger partial charge is 0.0233 e. The van der Waals surface area contributed by atoms with E-state index in [0.717, 1.165) is 23.7 Å². The van der Waals surface area contributed by atoms with E-state index >= 15 is 0 Å².